The quantitative estimate of drug-likeness (QED) is 0.813. The fraction of sp³-hybridized carbons (Fsp3) is 0.0909. The third-order valence-corrected chi connectivity index (χ3v) is 2.99. The van der Waals surface area contributed by atoms with Crippen molar-refractivity contribution in [1.29, 1.82) is 0 Å². The number of aryl methyl sites for hydroxylation is 1. The molecule has 0 saturated heterocycles. The number of carboxylic acid groups (broad SMARTS) is 1. The zero-order chi connectivity index (χ0) is 12.4. The number of hydrogen-bond acceptors (Lipinski definition) is 5. The number of oxazole rings is 1. The topological polar surface area (TPSA) is 89.3 Å². The van der Waals surface area contributed by atoms with Crippen LogP contribution in [0.1, 0.15) is 16.1 Å². The van der Waals surface area contributed by atoms with Crippen LogP contribution >= 0.6 is 11.8 Å². The van der Waals surface area contributed by atoms with Crippen molar-refractivity contribution >= 4 is 23.4 Å². The number of aromatic nitrogens is 1. The summed E-state index contributed by atoms with van der Waals surface area (Å²) in [6.45, 7) is 1.81. The number of carbonyl (C=O) groups is 1. The molecule has 0 aliphatic carbocycles. The number of benzene rings is 1. The molecule has 0 radical (unpaired) electrons. The number of aromatic carboxylic acids is 1. The van der Waals surface area contributed by atoms with Crippen molar-refractivity contribution in [2.75, 3.05) is 5.73 Å². The van der Waals surface area contributed by atoms with Gasteiger partial charge in [0.2, 0.25) is 0 Å². The highest BCUT2D eigenvalue weighted by molar-refractivity contribution is 7.99. The maximum absolute atomic E-state index is 10.8. The van der Waals surface area contributed by atoms with Crippen LogP contribution in [-0.2, 0) is 0 Å². The molecule has 0 aliphatic heterocycles. The summed E-state index contributed by atoms with van der Waals surface area (Å²) in [4.78, 5) is 15.6. The fourth-order valence-corrected chi connectivity index (χ4v) is 2.07. The maximum Gasteiger partial charge on any atom is 0.335 e. The van der Waals surface area contributed by atoms with E-state index in [0.717, 1.165) is 5.69 Å². The lowest BCUT2D eigenvalue weighted by Crippen LogP contribution is -1.98. The van der Waals surface area contributed by atoms with Gasteiger partial charge in [0, 0.05) is 10.6 Å². The molecule has 0 fully saturated rings. The second-order valence-electron chi connectivity index (χ2n) is 3.41. The first-order valence-corrected chi connectivity index (χ1v) is 5.60. The van der Waals surface area contributed by atoms with Crippen LogP contribution in [0.25, 0.3) is 0 Å². The van der Waals surface area contributed by atoms with Crippen molar-refractivity contribution < 1.29 is 14.3 Å². The molecule has 0 amide bonds. The first kappa shape index (κ1) is 11.5. The molecule has 6 heteroatoms. The van der Waals surface area contributed by atoms with Gasteiger partial charge in [-0.3, -0.25) is 0 Å². The molecule has 2 rings (SSSR count). The van der Waals surface area contributed by atoms with Crippen LogP contribution in [-0.4, -0.2) is 16.1 Å². The smallest absolute Gasteiger partial charge is 0.335 e. The van der Waals surface area contributed by atoms with Gasteiger partial charge in [0.25, 0.3) is 5.22 Å². The van der Waals surface area contributed by atoms with E-state index in [4.69, 9.17) is 15.3 Å². The Kier molecular flexibility index (Phi) is 3.06. The van der Waals surface area contributed by atoms with E-state index < -0.39 is 5.97 Å². The fourth-order valence-electron chi connectivity index (χ4n) is 1.23. The molecule has 88 valence electrons. The number of carboxylic acids is 1. The second-order valence-corrected chi connectivity index (χ2v) is 4.41. The van der Waals surface area contributed by atoms with Crippen molar-refractivity contribution in [2.24, 2.45) is 0 Å². The lowest BCUT2D eigenvalue weighted by Gasteiger charge is -2.03. The molecular formula is C11H10N2O3S. The van der Waals surface area contributed by atoms with Gasteiger partial charge < -0.3 is 15.3 Å². The van der Waals surface area contributed by atoms with E-state index in [-0.39, 0.29) is 5.56 Å². The van der Waals surface area contributed by atoms with E-state index in [9.17, 15) is 4.79 Å². The number of nitrogens with two attached hydrogens (primary N) is 1. The lowest BCUT2D eigenvalue weighted by atomic mass is 10.2. The first-order valence-electron chi connectivity index (χ1n) is 4.79. The molecule has 0 saturated carbocycles. The number of rotatable bonds is 3. The van der Waals surface area contributed by atoms with Gasteiger partial charge in [-0.05, 0) is 36.9 Å². The molecule has 0 atom stereocenters. The van der Waals surface area contributed by atoms with Crippen molar-refractivity contribution in [3.05, 3.63) is 35.7 Å². The van der Waals surface area contributed by atoms with Gasteiger partial charge in [-0.1, -0.05) is 0 Å². The molecule has 0 bridgehead atoms. The Bertz CT molecular complexity index is 566. The minimum atomic E-state index is -0.990. The first-order chi connectivity index (χ1) is 8.06. The predicted molar refractivity (Wildman–Crippen MR) is 63.2 cm³/mol. The van der Waals surface area contributed by atoms with Crippen LogP contribution in [0, 0.1) is 6.92 Å². The van der Waals surface area contributed by atoms with Crippen LogP contribution in [0.2, 0.25) is 0 Å². The Morgan fingerprint density at radius 1 is 1.53 bits per heavy atom. The van der Waals surface area contributed by atoms with Crippen molar-refractivity contribution in [1.82, 2.24) is 4.98 Å². The highest BCUT2D eigenvalue weighted by Crippen LogP contribution is 2.32. The number of nitrogen functional groups attached to an aromatic ring is 1. The summed E-state index contributed by atoms with van der Waals surface area (Å²) >= 11 is 1.20. The van der Waals surface area contributed by atoms with E-state index in [1.807, 2.05) is 6.92 Å². The van der Waals surface area contributed by atoms with Crippen LogP contribution < -0.4 is 5.73 Å². The average Bonchev–Trinajstić information content (AvgIpc) is 2.67. The van der Waals surface area contributed by atoms with E-state index in [2.05, 4.69) is 4.98 Å². The Morgan fingerprint density at radius 2 is 2.29 bits per heavy atom. The predicted octanol–water partition coefficient (Wildman–Crippen LogP) is 2.41. The molecular weight excluding hydrogens is 240 g/mol. The monoisotopic (exact) mass is 250 g/mol. The second kappa shape index (κ2) is 4.50. The van der Waals surface area contributed by atoms with E-state index >= 15 is 0 Å². The van der Waals surface area contributed by atoms with Crippen molar-refractivity contribution in [3.63, 3.8) is 0 Å². The molecule has 0 aliphatic rings. The lowest BCUT2D eigenvalue weighted by molar-refractivity contribution is 0.0696. The molecule has 17 heavy (non-hydrogen) atoms. The van der Waals surface area contributed by atoms with Crippen LogP contribution in [0.4, 0.5) is 5.69 Å². The van der Waals surface area contributed by atoms with Gasteiger partial charge in [-0.15, -0.1) is 0 Å². The third-order valence-electron chi connectivity index (χ3n) is 2.06. The number of anilines is 1. The summed E-state index contributed by atoms with van der Waals surface area (Å²) in [7, 11) is 0. The van der Waals surface area contributed by atoms with Crippen molar-refractivity contribution in [3.8, 4) is 0 Å². The Labute approximate surface area is 102 Å². The SMILES string of the molecule is Cc1coc(Sc2cc(C(=O)O)ccc2N)n1. The molecule has 1 aromatic heterocycles. The average molecular weight is 250 g/mol. The normalized spacial score (nSPS) is 10.4. The highest BCUT2D eigenvalue weighted by Gasteiger charge is 2.10. The molecule has 0 spiro atoms. The summed E-state index contributed by atoms with van der Waals surface area (Å²) in [6, 6.07) is 4.52. The Balaban J connectivity index is 2.31. The minimum absolute atomic E-state index is 0.185. The van der Waals surface area contributed by atoms with E-state index in [1.54, 1.807) is 6.07 Å². The molecule has 5 nitrogen and oxygen atoms in total. The van der Waals surface area contributed by atoms with Gasteiger partial charge >= 0.3 is 5.97 Å². The molecule has 1 heterocycles. The van der Waals surface area contributed by atoms with Crippen LogP contribution in [0.5, 0.6) is 0 Å². The largest absolute Gasteiger partial charge is 0.478 e. The van der Waals surface area contributed by atoms with Gasteiger partial charge in [-0.25, -0.2) is 9.78 Å². The zero-order valence-corrected chi connectivity index (χ0v) is 9.82. The van der Waals surface area contributed by atoms with Crippen LogP contribution in [0.15, 0.2) is 39.0 Å². The number of nitrogens with zero attached hydrogens (tertiary/aromatic N) is 1. The summed E-state index contributed by atoms with van der Waals surface area (Å²) in [5.41, 5.74) is 7.21. The highest BCUT2D eigenvalue weighted by atomic mass is 32.2. The van der Waals surface area contributed by atoms with Gasteiger partial charge in [-0.2, -0.15) is 0 Å². The van der Waals surface area contributed by atoms with Gasteiger partial charge in [0.1, 0.15) is 6.26 Å². The number of hydrogen-bond donors (Lipinski definition) is 2. The third kappa shape index (κ3) is 2.59. The Morgan fingerprint density at radius 3 is 2.88 bits per heavy atom. The Hall–Kier alpha value is -1.95. The zero-order valence-electron chi connectivity index (χ0n) is 9.01. The van der Waals surface area contributed by atoms with Gasteiger partial charge in [0.05, 0.1) is 11.3 Å². The molecule has 1 aromatic carbocycles. The standard InChI is InChI=1S/C11H10N2O3S/c1-6-5-16-11(13-6)17-9-4-7(10(14)15)2-3-8(9)12/h2-5H,12H2,1H3,(H,14,15). The summed E-state index contributed by atoms with van der Waals surface area (Å²) in [5.74, 6) is -0.990. The summed E-state index contributed by atoms with van der Waals surface area (Å²) in [5, 5.41) is 9.32. The molecule has 2 aromatic rings. The van der Waals surface area contributed by atoms with E-state index in [0.29, 0.717) is 15.8 Å². The maximum atomic E-state index is 10.8. The summed E-state index contributed by atoms with van der Waals surface area (Å²) in [6.07, 6.45) is 1.53. The van der Waals surface area contributed by atoms with Crippen LogP contribution in [0.3, 0.4) is 0 Å². The minimum Gasteiger partial charge on any atom is -0.478 e. The molecule has 3 N–H and O–H groups in total. The molecule has 0 unspecified atom stereocenters. The van der Waals surface area contributed by atoms with Crippen molar-refractivity contribution in [2.45, 2.75) is 17.0 Å². The van der Waals surface area contributed by atoms with Gasteiger partial charge in [0.15, 0.2) is 0 Å². The summed E-state index contributed by atoms with van der Waals surface area (Å²) < 4.78 is 5.17. The van der Waals surface area contributed by atoms with E-state index in [1.165, 1.54) is 30.2 Å².